The number of hydrogen-bond donors (Lipinski definition) is 0. The standard InChI is InChI=1S/C25H19BrClNO3S/c1-16-3-2-4-19(11-16)14-28-24(29)23(32-25(28)30)13-18-7-10-22(21(26)12-18)31-15-17-5-8-20(27)9-6-17/h2-13H,14-15H2,1H3/b23-13+. The largest absolute Gasteiger partial charge is 0.488 e. The Hall–Kier alpha value is -2.54. The van der Waals surface area contributed by atoms with Gasteiger partial charge in [-0.05, 0) is 81.6 Å². The lowest BCUT2D eigenvalue weighted by Gasteiger charge is -2.12. The first-order valence-electron chi connectivity index (χ1n) is 9.87. The number of carbonyl (C=O) groups excluding carboxylic acids is 2. The molecule has 0 N–H and O–H groups in total. The van der Waals surface area contributed by atoms with Crippen molar-refractivity contribution in [3.8, 4) is 5.75 Å². The Kier molecular flexibility index (Phi) is 7.04. The van der Waals surface area contributed by atoms with Gasteiger partial charge in [-0.2, -0.15) is 0 Å². The van der Waals surface area contributed by atoms with Gasteiger partial charge in [0.1, 0.15) is 12.4 Å². The van der Waals surface area contributed by atoms with Crippen molar-refractivity contribution in [3.05, 3.63) is 103 Å². The smallest absolute Gasteiger partial charge is 0.293 e. The Bertz CT molecular complexity index is 1210. The summed E-state index contributed by atoms with van der Waals surface area (Å²) in [5, 5.41) is 0.423. The number of aryl methyl sites for hydroxylation is 1. The minimum atomic E-state index is -0.277. The number of benzene rings is 3. The number of ether oxygens (including phenoxy) is 1. The van der Waals surface area contributed by atoms with Gasteiger partial charge in [0, 0.05) is 5.02 Å². The molecule has 4 nitrogen and oxygen atoms in total. The second-order valence-electron chi connectivity index (χ2n) is 7.36. The fourth-order valence-corrected chi connectivity index (χ4v) is 4.72. The van der Waals surface area contributed by atoms with Crippen LogP contribution in [0.25, 0.3) is 6.08 Å². The van der Waals surface area contributed by atoms with Gasteiger partial charge in [-0.15, -0.1) is 0 Å². The number of hydrogen-bond acceptors (Lipinski definition) is 4. The first-order valence-corrected chi connectivity index (χ1v) is 11.9. The predicted molar refractivity (Wildman–Crippen MR) is 133 cm³/mol. The topological polar surface area (TPSA) is 46.6 Å². The van der Waals surface area contributed by atoms with Crippen molar-refractivity contribution in [2.75, 3.05) is 0 Å². The van der Waals surface area contributed by atoms with E-state index in [1.54, 1.807) is 6.08 Å². The van der Waals surface area contributed by atoms with Crippen molar-refractivity contribution in [2.24, 2.45) is 0 Å². The second-order valence-corrected chi connectivity index (χ2v) is 9.65. The van der Waals surface area contributed by atoms with Gasteiger partial charge >= 0.3 is 0 Å². The van der Waals surface area contributed by atoms with E-state index in [1.807, 2.05) is 73.7 Å². The summed E-state index contributed by atoms with van der Waals surface area (Å²) in [6, 6.07) is 20.8. The molecule has 3 aromatic carbocycles. The maximum atomic E-state index is 12.8. The van der Waals surface area contributed by atoms with Crippen LogP contribution in [-0.2, 0) is 17.9 Å². The first-order chi connectivity index (χ1) is 15.4. The molecular formula is C25H19BrClNO3S. The van der Waals surface area contributed by atoms with Crippen molar-refractivity contribution < 1.29 is 14.3 Å². The van der Waals surface area contributed by atoms with E-state index >= 15 is 0 Å². The Morgan fingerprint density at radius 3 is 2.53 bits per heavy atom. The molecule has 0 bridgehead atoms. The maximum Gasteiger partial charge on any atom is 0.293 e. The van der Waals surface area contributed by atoms with Gasteiger partial charge in [0.2, 0.25) is 0 Å². The van der Waals surface area contributed by atoms with Crippen LogP contribution in [-0.4, -0.2) is 16.0 Å². The van der Waals surface area contributed by atoms with Crippen LogP contribution >= 0.6 is 39.3 Å². The summed E-state index contributed by atoms with van der Waals surface area (Å²) in [5.41, 5.74) is 3.83. The average Bonchev–Trinajstić information content (AvgIpc) is 3.02. The molecular weight excluding hydrogens is 510 g/mol. The number of halogens is 2. The predicted octanol–water partition coefficient (Wildman–Crippen LogP) is 7.23. The lowest BCUT2D eigenvalue weighted by atomic mass is 10.1. The summed E-state index contributed by atoms with van der Waals surface area (Å²) in [5.74, 6) is 0.408. The molecule has 3 aromatic rings. The van der Waals surface area contributed by atoms with E-state index in [4.69, 9.17) is 16.3 Å². The Balaban J connectivity index is 1.45. The van der Waals surface area contributed by atoms with Gasteiger partial charge in [0.05, 0.1) is 15.9 Å². The fourth-order valence-electron chi connectivity index (χ4n) is 3.25. The number of imide groups is 1. The summed E-state index contributed by atoms with van der Waals surface area (Å²) in [7, 11) is 0. The number of thioether (sulfide) groups is 1. The SMILES string of the molecule is Cc1cccc(CN2C(=O)S/C(=C/c3ccc(OCc4ccc(Cl)cc4)c(Br)c3)C2=O)c1. The van der Waals surface area contributed by atoms with Crippen LogP contribution in [0.4, 0.5) is 4.79 Å². The third-order valence-corrected chi connectivity index (χ3v) is 6.64. The Morgan fingerprint density at radius 1 is 1.03 bits per heavy atom. The van der Waals surface area contributed by atoms with Crippen molar-refractivity contribution in [1.29, 1.82) is 0 Å². The van der Waals surface area contributed by atoms with Crippen LogP contribution < -0.4 is 4.74 Å². The number of nitrogens with zero attached hydrogens (tertiary/aromatic N) is 1. The molecule has 0 unspecified atom stereocenters. The van der Waals surface area contributed by atoms with E-state index in [1.165, 1.54) is 4.90 Å². The molecule has 2 amide bonds. The molecule has 162 valence electrons. The van der Waals surface area contributed by atoms with Gasteiger partial charge in [0.15, 0.2) is 0 Å². The van der Waals surface area contributed by atoms with E-state index in [-0.39, 0.29) is 17.7 Å². The molecule has 32 heavy (non-hydrogen) atoms. The monoisotopic (exact) mass is 527 g/mol. The number of carbonyl (C=O) groups is 2. The fraction of sp³-hybridized carbons (Fsp3) is 0.120. The van der Waals surface area contributed by atoms with Crippen LogP contribution in [0.1, 0.15) is 22.3 Å². The second kappa shape index (κ2) is 9.94. The summed E-state index contributed by atoms with van der Waals surface area (Å²) in [6.07, 6.45) is 1.73. The van der Waals surface area contributed by atoms with Gasteiger partial charge in [-0.25, -0.2) is 0 Å². The highest BCUT2D eigenvalue weighted by Crippen LogP contribution is 2.35. The van der Waals surface area contributed by atoms with Gasteiger partial charge < -0.3 is 4.74 Å². The number of amides is 2. The van der Waals surface area contributed by atoms with Crippen LogP contribution in [0.15, 0.2) is 76.1 Å². The van der Waals surface area contributed by atoms with Gasteiger partial charge in [-0.3, -0.25) is 14.5 Å². The summed E-state index contributed by atoms with van der Waals surface area (Å²) in [6.45, 7) is 2.66. The highest BCUT2D eigenvalue weighted by Gasteiger charge is 2.35. The van der Waals surface area contributed by atoms with E-state index in [9.17, 15) is 9.59 Å². The van der Waals surface area contributed by atoms with E-state index < -0.39 is 0 Å². The molecule has 1 aliphatic heterocycles. The molecule has 1 aliphatic rings. The zero-order valence-corrected chi connectivity index (χ0v) is 20.3. The minimum Gasteiger partial charge on any atom is -0.488 e. The van der Waals surface area contributed by atoms with Crippen LogP contribution in [0, 0.1) is 6.92 Å². The Morgan fingerprint density at radius 2 is 1.81 bits per heavy atom. The van der Waals surface area contributed by atoms with E-state index in [0.717, 1.165) is 38.5 Å². The molecule has 0 saturated carbocycles. The quantitative estimate of drug-likeness (QED) is 0.317. The van der Waals surface area contributed by atoms with E-state index in [0.29, 0.717) is 22.3 Å². The molecule has 1 heterocycles. The molecule has 4 rings (SSSR count). The molecule has 0 atom stereocenters. The third-order valence-electron chi connectivity index (χ3n) is 4.86. The van der Waals surface area contributed by atoms with Crippen molar-refractivity contribution >= 4 is 56.5 Å². The summed E-state index contributed by atoms with van der Waals surface area (Å²) in [4.78, 5) is 26.9. The molecule has 1 saturated heterocycles. The zero-order chi connectivity index (χ0) is 22.7. The molecule has 0 radical (unpaired) electrons. The molecule has 7 heteroatoms. The zero-order valence-electron chi connectivity index (χ0n) is 17.2. The van der Waals surface area contributed by atoms with Gasteiger partial charge in [-0.1, -0.05) is 59.6 Å². The lowest BCUT2D eigenvalue weighted by molar-refractivity contribution is -0.123. The van der Waals surface area contributed by atoms with Crippen molar-refractivity contribution in [2.45, 2.75) is 20.1 Å². The first kappa shape index (κ1) is 22.6. The van der Waals surface area contributed by atoms with Crippen LogP contribution in [0.2, 0.25) is 5.02 Å². The maximum absolute atomic E-state index is 12.8. The van der Waals surface area contributed by atoms with E-state index in [2.05, 4.69) is 15.9 Å². The minimum absolute atomic E-state index is 0.260. The van der Waals surface area contributed by atoms with Crippen LogP contribution in [0.5, 0.6) is 5.75 Å². The highest BCUT2D eigenvalue weighted by molar-refractivity contribution is 9.10. The lowest BCUT2D eigenvalue weighted by Crippen LogP contribution is -2.27. The molecule has 0 aromatic heterocycles. The number of rotatable bonds is 6. The van der Waals surface area contributed by atoms with Gasteiger partial charge in [0.25, 0.3) is 11.1 Å². The molecule has 0 aliphatic carbocycles. The molecule has 1 fully saturated rings. The Labute approximate surface area is 204 Å². The van der Waals surface area contributed by atoms with Crippen molar-refractivity contribution in [3.63, 3.8) is 0 Å². The average molecular weight is 529 g/mol. The third kappa shape index (κ3) is 5.44. The molecule has 0 spiro atoms. The summed E-state index contributed by atoms with van der Waals surface area (Å²) < 4.78 is 6.64. The highest BCUT2D eigenvalue weighted by atomic mass is 79.9. The normalized spacial score (nSPS) is 15.0. The van der Waals surface area contributed by atoms with Crippen molar-refractivity contribution in [1.82, 2.24) is 4.90 Å². The van der Waals surface area contributed by atoms with Crippen LogP contribution in [0.3, 0.4) is 0 Å². The summed E-state index contributed by atoms with van der Waals surface area (Å²) >= 11 is 10.4.